The number of aryl methyl sites for hydroxylation is 1. The second-order valence-corrected chi connectivity index (χ2v) is 6.82. The van der Waals surface area contributed by atoms with Crippen molar-refractivity contribution in [1.29, 1.82) is 0 Å². The largest absolute Gasteiger partial charge is 0.319 e. The topological polar surface area (TPSA) is 43.8 Å². The highest BCUT2D eigenvalue weighted by Crippen LogP contribution is 2.33. The molecule has 3 nitrogen and oxygen atoms in total. The Bertz CT molecular complexity index is 611. The number of rotatable bonds is 4. The Hall–Kier alpha value is -1.32. The van der Waals surface area contributed by atoms with E-state index in [0.717, 1.165) is 24.2 Å². The Labute approximate surface area is 132 Å². The van der Waals surface area contributed by atoms with Gasteiger partial charge in [0, 0.05) is 6.54 Å². The van der Waals surface area contributed by atoms with E-state index in [-0.39, 0.29) is 11.5 Å². The highest BCUT2D eigenvalue weighted by atomic mass is 35.5. The molecule has 2 rings (SSSR count). The predicted molar refractivity (Wildman–Crippen MR) is 88.7 cm³/mol. The van der Waals surface area contributed by atoms with E-state index in [9.17, 15) is 0 Å². The fraction of sp³-hybridized carbons (Fsp3) is 0.471. The van der Waals surface area contributed by atoms with Gasteiger partial charge in [0.25, 0.3) is 0 Å². The van der Waals surface area contributed by atoms with Crippen molar-refractivity contribution in [1.82, 2.24) is 9.78 Å². The van der Waals surface area contributed by atoms with E-state index in [1.807, 2.05) is 10.7 Å². The van der Waals surface area contributed by atoms with Gasteiger partial charge < -0.3 is 5.73 Å². The molecule has 0 aliphatic carbocycles. The third-order valence-electron chi connectivity index (χ3n) is 3.67. The first kappa shape index (κ1) is 16.1. The van der Waals surface area contributed by atoms with E-state index in [4.69, 9.17) is 17.3 Å². The summed E-state index contributed by atoms with van der Waals surface area (Å²) in [7, 11) is 0. The molecular weight excluding hydrogens is 282 g/mol. The summed E-state index contributed by atoms with van der Waals surface area (Å²) >= 11 is 6.33. The number of hydrogen-bond acceptors (Lipinski definition) is 2. The minimum Gasteiger partial charge on any atom is -0.319 e. The molecule has 114 valence electrons. The maximum atomic E-state index is 6.54. The van der Waals surface area contributed by atoms with Gasteiger partial charge >= 0.3 is 0 Å². The van der Waals surface area contributed by atoms with Gasteiger partial charge in [-0.15, -0.1) is 0 Å². The van der Waals surface area contributed by atoms with Gasteiger partial charge in [-0.3, -0.25) is 4.68 Å². The van der Waals surface area contributed by atoms with Crippen molar-refractivity contribution in [3.8, 4) is 0 Å². The molecule has 1 aromatic carbocycles. The molecule has 21 heavy (non-hydrogen) atoms. The van der Waals surface area contributed by atoms with Crippen LogP contribution in [0.4, 0.5) is 0 Å². The van der Waals surface area contributed by atoms with E-state index in [1.54, 1.807) is 6.20 Å². The van der Waals surface area contributed by atoms with Gasteiger partial charge in [0.15, 0.2) is 0 Å². The molecule has 0 saturated heterocycles. The molecule has 0 amide bonds. The van der Waals surface area contributed by atoms with E-state index in [2.05, 4.69) is 51.0 Å². The molecule has 1 aromatic heterocycles. The highest BCUT2D eigenvalue weighted by molar-refractivity contribution is 6.31. The van der Waals surface area contributed by atoms with Crippen LogP contribution in [0.5, 0.6) is 0 Å². The molecule has 1 atom stereocenters. The molecule has 0 fully saturated rings. The molecule has 1 heterocycles. The second-order valence-electron chi connectivity index (χ2n) is 6.42. The fourth-order valence-electron chi connectivity index (χ4n) is 2.67. The van der Waals surface area contributed by atoms with Gasteiger partial charge in [-0.1, -0.05) is 63.6 Å². The van der Waals surface area contributed by atoms with E-state index < -0.39 is 0 Å². The Balaban J connectivity index is 2.51. The summed E-state index contributed by atoms with van der Waals surface area (Å²) in [6, 6.07) is 8.05. The van der Waals surface area contributed by atoms with Crippen LogP contribution in [-0.2, 0) is 12.0 Å². The van der Waals surface area contributed by atoms with Crippen LogP contribution in [0.2, 0.25) is 5.02 Å². The molecule has 0 bridgehead atoms. The summed E-state index contributed by atoms with van der Waals surface area (Å²) < 4.78 is 1.92. The minimum atomic E-state index is -0.262. The zero-order chi connectivity index (χ0) is 15.6. The van der Waals surface area contributed by atoms with Crippen molar-refractivity contribution in [3.63, 3.8) is 0 Å². The molecule has 0 aliphatic rings. The summed E-state index contributed by atoms with van der Waals surface area (Å²) in [5, 5.41) is 4.99. The summed E-state index contributed by atoms with van der Waals surface area (Å²) in [4.78, 5) is 0. The van der Waals surface area contributed by atoms with Crippen LogP contribution in [0.3, 0.4) is 0 Å². The van der Waals surface area contributed by atoms with E-state index in [1.165, 1.54) is 5.56 Å². The maximum absolute atomic E-state index is 6.54. The molecule has 0 aliphatic heterocycles. The number of aromatic nitrogens is 2. The third-order valence-corrected chi connectivity index (χ3v) is 3.96. The van der Waals surface area contributed by atoms with Crippen LogP contribution < -0.4 is 5.73 Å². The monoisotopic (exact) mass is 305 g/mol. The Kier molecular flexibility index (Phi) is 4.74. The average Bonchev–Trinajstić information content (AvgIpc) is 2.79. The smallest absolute Gasteiger partial charge is 0.0837 e. The minimum absolute atomic E-state index is 0.0380. The summed E-state index contributed by atoms with van der Waals surface area (Å²) in [6.45, 7) is 9.54. The SMILES string of the molecule is CCCn1ncc(Cl)c1C(N)c1ccccc1C(C)(C)C. The highest BCUT2D eigenvalue weighted by Gasteiger charge is 2.25. The average molecular weight is 306 g/mol. The normalized spacial score (nSPS) is 13.4. The first-order valence-electron chi connectivity index (χ1n) is 7.42. The molecule has 2 aromatic rings. The van der Waals surface area contributed by atoms with Gasteiger partial charge in [-0.2, -0.15) is 5.10 Å². The second kappa shape index (κ2) is 6.20. The van der Waals surface area contributed by atoms with Crippen molar-refractivity contribution in [3.05, 3.63) is 52.3 Å². The van der Waals surface area contributed by atoms with Crippen molar-refractivity contribution in [2.75, 3.05) is 0 Å². The summed E-state index contributed by atoms with van der Waals surface area (Å²) in [6.07, 6.45) is 2.69. The molecule has 1 unspecified atom stereocenters. The first-order chi connectivity index (χ1) is 9.86. The zero-order valence-electron chi connectivity index (χ0n) is 13.2. The number of nitrogens with two attached hydrogens (primary N) is 1. The standard InChI is InChI=1S/C17H24ClN3/c1-5-10-21-16(14(18)11-20-21)15(19)12-8-6-7-9-13(12)17(2,3)4/h6-9,11,15H,5,10,19H2,1-4H3. The maximum Gasteiger partial charge on any atom is 0.0837 e. The van der Waals surface area contributed by atoms with Crippen molar-refractivity contribution in [2.45, 2.75) is 52.1 Å². The van der Waals surface area contributed by atoms with Crippen LogP contribution in [0.1, 0.15) is 57.0 Å². The van der Waals surface area contributed by atoms with Crippen molar-refractivity contribution >= 4 is 11.6 Å². The quantitative estimate of drug-likeness (QED) is 0.915. The van der Waals surface area contributed by atoms with Gasteiger partial charge in [-0.05, 0) is 23.0 Å². The fourth-order valence-corrected chi connectivity index (χ4v) is 2.93. The summed E-state index contributed by atoms with van der Waals surface area (Å²) in [5.41, 5.74) is 9.84. The van der Waals surface area contributed by atoms with Crippen LogP contribution in [0.15, 0.2) is 30.5 Å². The lowest BCUT2D eigenvalue weighted by molar-refractivity contribution is 0.546. The number of hydrogen-bond donors (Lipinski definition) is 1. The molecule has 4 heteroatoms. The predicted octanol–water partition coefficient (Wildman–Crippen LogP) is 4.29. The van der Waals surface area contributed by atoms with Crippen LogP contribution in [0, 0.1) is 0 Å². The van der Waals surface area contributed by atoms with Gasteiger partial charge in [-0.25, -0.2) is 0 Å². The van der Waals surface area contributed by atoms with Crippen LogP contribution in [0.25, 0.3) is 0 Å². The Morgan fingerprint density at radius 2 is 1.95 bits per heavy atom. The van der Waals surface area contributed by atoms with Crippen LogP contribution in [-0.4, -0.2) is 9.78 Å². The van der Waals surface area contributed by atoms with E-state index in [0.29, 0.717) is 5.02 Å². The summed E-state index contributed by atoms with van der Waals surface area (Å²) in [5.74, 6) is 0. The molecule has 0 saturated carbocycles. The van der Waals surface area contributed by atoms with Gasteiger partial charge in [0.05, 0.1) is 23.0 Å². The lowest BCUT2D eigenvalue weighted by atomic mass is 9.81. The molecular formula is C17H24ClN3. The van der Waals surface area contributed by atoms with Crippen molar-refractivity contribution in [2.24, 2.45) is 5.73 Å². The lowest BCUT2D eigenvalue weighted by Crippen LogP contribution is -2.23. The Morgan fingerprint density at radius 1 is 1.29 bits per heavy atom. The lowest BCUT2D eigenvalue weighted by Gasteiger charge is -2.26. The molecule has 2 N–H and O–H groups in total. The van der Waals surface area contributed by atoms with Crippen LogP contribution >= 0.6 is 11.6 Å². The zero-order valence-corrected chi connectivity index (χ0v) is 14.0. The number of nitrogens with zero attached hydrogens (tertiary/aromatic N) is 2. The number of benzene rings is 1. The Morgan fingerprint density at radius 3 is 2.57 bits per heavy atom. The number of halogens is 1. The van der Waals surface area contributed by atoms with Gasteiger partial charge in [0.1, 0.15) is 0 Å². The third kappa shape index (κ3) is 3.30. The molecule has 0 spiro atoms. The molecule has 0 radical (unpaired) electrons. The van der Waals surface area contributed by atoms with Gasteiger partial charge in [0.2, 0.25) is 0 Å². The van der Waals surface area contributed by atoms with Crippen molar-refractivity contribution < 1.29 is 0 Å². The van der Waals surface area contributed by atoms with E-state index >= 15 is 0 Å². The first-order valence-corrected chi connectivity index (χ1v) is 7.80.